The number of rotatable bonds is 5. The Morgan fingerprint density at radius 2 is 1.67 bits per heavy atom. The Morgan fingerprint density at radius 3 is 2.26 bits per heavy atom. The number of sulfone groups is 1. The zero-order valence-electron chi connectivity index (χ0n) is 15.2. The molecule has 1 heterocycles. The number of anilines is 2. The first kappa shape index (κ1) is 19.0. The minimum absolute atomic E-state index is 0.250. The van der Waals surface area contributed by atoms with Crippen LogP contribution >= 0.6 is 0 Å². The maximum absolute atomic E-state index is 11.9. The van der Waals surface area contributed by atoms with Crippen LogP contribution < -0.4 is 14.5 Å². The van der Waals surface area contributed by atoms with Crippen molar-refractivity contribution in [3.8, 4) is 5.75 Å². The van der Waals surface area contributed by atoms with Gasteiger partial charge in [0.25, 0.3) is 0 Å². The number of hydrogen-bond acceptors (Lipinski definition) is 7. The van der Waals surface area contributed by atoms with Crippen molar-refractivity contribution < 1.29 is 18.1 Å². The largest absolute Gasteiger partial charge is 0.497 e. The fraction of sp³-hybridized carbons (Fsp3) is 0.333. The first-order valence-electron chi connectivity index (χ1n) is 8.42. The van der Waals surface area contributed by atoms with Crippen LogP contribution in [-0.2, 0) is 9.84 Å². The SMILES string of the molecule is COc1cccc(N2CCN(c3cccc(S(C)(=O)=O)c3[N+](=O)[O-])CC2)c1. The molecular formula is C18H21N3O5S. The molecule has 144 valence electrons. The summed E-state index contributed by atoms with van der Waals surface area (Å²) in [5.74, 6) is 0.770. The highest BCUT2D eigenvalue weighted by Gasteiger charge is 2.30. The first-order chi connectivity index (χ1) is 12.8. The second-order valence-electron chi connectivity index (χ2n) is 6.33. The lowest BCUT2D eigenvalue weighted by atomic mass is 10.2. The number of nitro groups is 1. The quantitative estimate of drug-likeness (QED) is 0.570. The average Bonchev–Trinajstić information content (AvgIpc) is 2.67. The highest BCUT2D eigenvalue weighted by molar-refractivity contribution is 7.90. The average molecular weight is 391 g/mol. The van der Waals surface area contributed by atoms with Crippen molar-refractivity contribution in [1.82, 2.24) is 0 Å². The highest BCUT2D eigenvalue weighted by atomic mass is 32.2. The molecule has 3 rings (SSSR count). The fourth-order valence-corrected chi connectivity index (χ4v) is 4.12. The molecule has 2 aromatic rings. The summed E-state index contributed by atoms with van der Waals surface area (Å²) in [6, 6.07) is 12.2. The normalized spacial score (nSPS) is 14.9. The Kier molecular flexibility index (Phi) is 5.22. The molecule has 0 amide bonds. The van der Waals surface area contributed by atoms with Crippen LogP contribution in [0.4, 0.5) is 17.1 Å². The molecule has 0 N–H and O–H groups in total. The summed E-state index contributed by atoms with van der Waals surface area (Å²) in [5.41, 5.74) is 1.01. The molecule has 9 heteroatoms. The molecule has 27 heavy (non-hydrogen) atoms. The molecule has 1 aliphatic heterocycles. The van der Waals surface area contributed by atoms with Crippen molar-refractivity contribution in [1.29, 1.82) is 0 Å². The van der Waals surface area contributed by atoms with E-state index < -0.39 is 14.8 Å². The summed E-state index contributed by atoms with van der Waals surface area (Å²) >= 11 is 0. The smallest absolute Gasteiger partial charge is 0.311 e. The van der Waals surface area contributed by atoms with Crippen LogP contribution in [0.25, 0.3) is 0 Å². The zero-order valence-corrected chi connectivity index (χ0v) is 16.0. The van der Waals surface area contributed by atoms with E-state index in [9.17, 15) is 18.5 Å². The third-order valence-electron chi connectivity index (χ3n) is 4.60. The van der Waals surface area contributed by atoms with Gasteiger partial charge in [-0.05, 0) is 24.3 Å². The van der Waals surface area contributed by atoms with Gasteiger partial charge < -0.3 is 14.5 Å². The summed E-state index contributed by atoms with van der Waals surface area (Å²) in [5, 5.41) is 11.6. The molecule has 0 saturated carbocycles. The molecule has 2 aromatic carbocycles. The molecule has 0 aromatic heterocycles. The van der Waals surface area contributed by atoms with Crippen LogP contribution in [0.5, 0.6) is 5.75 Å². The van der Waals surface area contributed by atoms with Gasteiger partial charge in [0.1, 0.15) is 16.3 Å². The number of nitrogens with zero attached hydrogens (tertiary/aromatic N) is 3. The lowest BCUT2D eigenvalue weighted by Crippen LogP contribution is -2.46. The summed E-state index contributed by atoms with van der Waals surface area (Å²) in [4.78, 5) is 14.8. The minimum atomic E-state index is -3.69. The van der Waals surface area contributed by atoms with E-state index in [0.717, 1.165) is 17.7 Å². The van der Waals surface area contributed by atoms with Crippen LogP contribution in [0.3, 0.4) is 0 Å². The number of piperazine rings is 1. The standard InChI is InChI=1S/C18H21N3O5S/c1-26-15-6-3-5-14(13-15)19-9-11-20(12-10-19)16-7-4-8-17(27(2,24)25)18(16)21(22)23/h3-8,13H,9-12H2,1-2H3. The molecule has 0 radical (unpaired) electrons. The first-order valence-corrected chi connectivity index (χ1v) is 10.3. The van der Waals surface area contributed by atoms with Crippen LogP contribution in [0, 0.1) is 10.1 Å². The van der Waals surface area contributed by atoms with E-state index in [4.69, 9.17) is 4.74 Å². The van der Waals surface area contributed by atoms with Gasteiger partial charge in [0.2, 0.25) is 0 Å². The van der Waals surface area contributed by atoms with E-state index in [1.807, 2.05) is 29.2 Å². The predicted octanol–water partition coefficient (Wildman–Crippen LogP) is 2.33. The Bertz CT molecular complexity index is 953. The van der Waals surface area contributed by atoms with Gasteiger partial charge in [0.15, 0.2) is 9.84 Å². The number of ether oxygens (including phenoxy) is 1. The summed E-state index contributed by atoms with van der Waals surface area (Å²) in [7, 11) is -2.08. The molecule has 1 fully saturated rings. The Balaban J connectivity index is 1.85. The molecular weight excluding hydrogens is 370 g/mol. The van der Waals surface area contributed by atoms with Gasteiger partial charge in [-0.2, -0.15) is 0 Å². The van der Waals surface area contributed by atoms with Gasteiger partial charge >= 0.3 is 5.69 Å². The number of para-hydroxylation sites is 1. The molecule has 8 nitrogen and oxygen atoms in total. The number of hydrogen-bond donors (Lipinski definition) is 0. The van der Waals surface area contributed by atoms with E-state index in [1.54, 1.807) is 19.2 Å². The van der Waals surface area contributed by atoms with Crippen LogP contribution in [0.2, 0.25) is 0 Å². The van der Waals surface area contributed by atoms with Crippen molar-refractivity contribution >= 4 is 26.9 Å². The van der Waals surface area contributed by atoms with Crippen LogP contribution in [0.1, 0.15) is 0 Å². The predicted molar refractivity (Wildman–Crippen MR) is 104 cm³/mol. The van der Waals surface area contributed by atoms with Crippen molar-refractivity contribution in [2.45, 2.75) is 4.90 Å². The second-order valence-corrected chi connectivity index (χ2v) is 8.31. The van der Waals surface area contributed by atoms with Gasteiger partial charge in [-0.15, -0.1) is 0 Å². The molecule has 0 atom stereocenters. The third kappa shape index (κ3) is 3.97. The fourth-order valence-electron chi connectivity index (χ4n) is 3.26. The molecule has 0 spiro atoms. The summed E-state index contributed by atoms with van der Waals surface area (Å²) in [6.07, 6.45) is 0.986. The Hall–Kier alpha value is -2.81. The molecule has 1 saturated heterocycles. The summed E-state index contributed by atoms with van der Waals surface area (Å²) in [6.45, 7) is 2.41. The lowest BCUT2D eigenvalue weighted by Gasteiger charge is -2.37. The number of methoxy groups -OCH3 is 1. The molecule has 0 aliphatic carbocycles. The van der Waals surface area contributed by atoms with E-state index in [-0.39, 0.29) is 10.6 Å². The van der Waals surface area contributed by atoms with E-state index in [1.165, 1.54) is 6.07 Å². The van der Waals surface area contributed by atoms with Crippen LogP contribution in [0.15, 0.2) is 47.4 Å². The van der Waals surface area contributed by atoms with E-state index in [2.05, 4.69) is 4.90 Å². The number of benzene rings is 2. The lowest BCUT2D eigenvalue weighted by molar-refractivity contribution is -0.387. The second kappa shape index (κ2) is 7.43. The van der Waals surface area contributed by atoms with Crippen molar-refractivity contribution in [2.75, 3.05) is 49.3 Å². The van der Waals surface area contributed by atoms with Gasteiger partial charge in [0, 0.05) is 44.2 Å². The topological polar surface area (TPSA) is 93.0 Å². The van der Waals surface area contributed by atoms with Crippen molar-refractivity contribution in [2.24, 2.45) is 0 Å². The highest BCUT2D eigenvalue weighted by Crippen LogP contribution is 2.35. The number of nitro benzene ring substituents is 1. The van der Waals surface area contributed by atoms with Crippen molar-refractivity contribution in [3.63, 3.8) is 0 Å². The monoisotopic (exact) mass is 391 g/mol. The van der Waals surface area contributed by atoms with Gasteiger partial charge in [0.05, 0.1) is 12.0 Å². The van der Waals surface area contributed by atoms with Gasteiger partial charge in [-0.1, -0.05) is 12.1 Å². The summed E-state index contributed by atoms with van der Waals surface area (Å²) < 4.78 is 29.1. The van der Waals surface area contributed by atoms with Crippen LogP contribution in [-0.4, -0.2) is 52.9 Å². The maximum atomic E-state index is 11.9. The Labute approximate surface area is 158 Å². The van der Waals surface area contributed by atoms with Gasteiger partial charge in [-0.3, -0.25) is 10.1 Å². The van der Waals surface area contributed by atoms with Gasteiger partial charge in [-0.25, -0.2) is 8.42 Å². The minimum Gasteiger partial charge on any atom is -0.497 e. The molecule has 0 bridgehead atoms. The molecule has 0 unspecified atom stereocenters. The Morgan fingerprint density at radius 1 is 1.04 bits per heavy atom. The zero-order chi connectivity index (χ0) is 19.6. The molecule has 1 aliphatic rings. The maximum Gasteiger partial charge on any atom is 0.311 e. The van der Waals surface area contributed by atoms with E-state index in [0.29, 0.717) is 31.9 Å². The van der Waals surface area contributed by atoms with E-state index >= 15 is 0 Å². The van der Waals surface area contributed by atoms with Crippen molar-refractivity contribution in [3.05, 3.63) is 52.6 Å². The third-order valence-corrected chi connectivity index (χ3v) is 5.73.